The number of carbonyl (C=O) groups is 2. The molecule has 1 heterocycles. The van der Waals surface area contributed by atoms with E-state index in [4.69, 9.17) is 29.4 Å². The SMILES string of the molecule is COc1ccc([C@@H](OC(=O)Nc2ccc3c(c2)OCO3)[C@@H](CC/C=C/C(=O)Nc2ccccc2N)Oc2ccccc2)cc1O. The van der Waals surface area contributed by atoms with Crippen molar-refractivity contribution >= 4 is 29.1 Å². The number of hydrogen-bond donors (Lipinski definition) is 4. The summed E-state index contributed by atoms with van der Waals surface area (Å²) in [5.74, 6) is 1.41. The molecule has 0 spiro atoms. The number of amides is 2. The number of nitrogens with one attached hydrogen (secondary N) is 2. The lowest BCUT2D eigenvalue weighted by Gasteiger charge is -2.28. The molecule has 2 amide bonds. The topological polar surface area (TPSA) is 151 Å². The Morgan fingerprint density at radius 2 is 1.73 bits per heavy atom. The predicted molar refractivity (Wildman–Crippen MR) is 169 cm³/mol. The van der Waals surface area contributed by atoms with E-state index in [0.29, 0.717) is 52.7 Å². The van der Waals surface area contributed by atoms with Crippen molar-refractivity contribution in [2.75, 3.05) is 30.3 Å². The Hall–Kier alpha value is -5.84. The molecule has 0 saturated carbocycles. The van der Waals surface area contributed by atoms with Crippen LogP contribution in [-0.4, -0.2) is 37.1 Å². The van der Waals surface area contributed by atoms with Gasteiger partial charge in [-0.05, 0) is 67.4 Å². The molecule has 232 valence electrons. The fraction of sp³-hybridized carbons (Fsp3) is 0.176. The fourth-order valence-corrected chi connectivity index (χ4v) is 4.66. The van der Waals surface area contributed by atoms with Crippen molar-refractivity contribution in [1.82, 2.24) is 0 Å². The largest absolute Gasteiger partial charge is 0.504 e. The molecule has 0 saturated heterocycles. The number of fused-ring (bicyclic) bond motifs is 1. The molecule has 0 aromatic heterocycles. The van der Waals surface area contributed by atoms with Gasteiger partial charge < -0.3 is 39.8 Å². The first-order valence-corrected chi connectivity index (χ1v) is 14.2. The molecule has 5 N–H and O–H groups in total. The molecular formula is C34H33N3O8. The lowest BCUT2D eigenvalue weighted by Crippen LogP contribution is -2.31. The second-order valence-electron chi connectivity index (χ2n) is 9.98. The van der Waals surface area contributed by atoms with Gasteiger partial charge in [-0.15, -0.1) is 0 Å². The number of ether oxygens (including phenoxy) is 5. The molecule has 2 atom stereocenters. The molecule has 11 nitrogen and oxygen atoms in total. The third-order valence-corrected chi connectivity index (χ3v) is 6.86. The summed E-state index contributed by atoms with van der Waals surface area (Å²) in [4.78, 5) is 25.8. The van der Waals surface area contributed by atoms with Gasteiger partial charge in [-0.3, -0.25) is 10.1 Å². The number of phenolic OH excluding ortho intramolecular Hbond substituents is 1. The number of rotatable bonds is 12. The van der Waals surface area contributed by atoms with E-state index in [9.17, 15) is 14.7 Å². The Balaban J connectivity index is 1.36. The normalized spacial score (nSPS) is 13.1. The highest BCUT2D eigenvalue weighted by atomic mass is 16.7. The van der Waals surface area contributed by atoms with Gasteiger partial charge in [-0.25, -0.2) is 4.79 Å². The van der Waals surface area contributed by atoms with E-state index >= 15 is 0 Å². The minimum absolute atomic E-state index is 0.0984. The van der Waals surface area contributed by atoms with Crippen LogP contribution in [0.3, 0.4) is 0 Å². The van der Waals surface area contributed by atoms with Gasteiger partial charge in [0.1, 0.15) is 11.9 Å². The summed E-state index contributed by atoms with van der Waals surface area (Å²) in [7, 11) is 1.44. The molecule has 1 aliphatic rings. The van der Waals surface area contributed by atoms with Gasteiger partial charge in [-0.2, -0.15) is 0 Å². The van der Waals surface area contributed by atoms with Crippen LogP contribution in [0.2, 0.25) is 0 Å². The van der Waals surface area contributed by atoms with Crippen LogP contribution in [0.15, 0.2) is 103 Å². The van der Waals surface area contributed by atoms with Gasteiger partial charge >= 0.3 is 6.09 Å². The first-order chi connectivity index (χ1) is 21.9. The smallest absolute Gasteiger partial charge is 0.412 e. The summed E-state index contributed by atoms with van der Waals surface area (Å²) in [5, 5.41) is 16.0. The van der Waals surface area contributed by atoms with Crippen LogP contribution >= 0.6 is 0 Å². The van der Waals surface area contributed by atoms with E-state index in [0.717, 1.165) is 0 Å². The number of para-hydroxylation sites is 3. The highest BCUT2D eigenvalue weighted by Crippen LogP contribution is 2.36. The minimum atomic E-state index is -0.984. The number of nitrogen functional groups attached to an aromatic ring is 1. The summed E-state index contributed by atoms with van der Waals surface area (Å²) in [6.07, 6.45) is 1.36. The molecule has 0 aliphatic carbocycles. The molecule has 4 aromatic carbocycles. The highest BCUT2D eigenvalue weighted by Gasteiger charge is 2.30. The monoisotopic (exact) mass is 611 g/mol. The Labute approximate surface area is 260 Å². The summed E-state index contributed by atoms with van der Waals surface area (Å²) in [6.45, 7) is 0.0984. The van der Waals surface area contributed by atoms with E-state index in [-0.39, 0.29) is 24.2 Å². The number of carbonyl (C=O) groups excluding carboxylic acids is 2. The molecule has 0 bridgehead atoms. The van der Waals surface area contributed by atoms with Crippen LogP contribution < -0.4 is 35.3 Å². The first-order valence-electron chi connectivity index (χ1n) is 14.2. The third-order valence-electron chi connectivity index (χ3n) is 6.86. The number of benzene rings is 4. The Bertz CT molecular complexity index is 1660. The van der Waals surface area contributed by atoms with Crippen molar-refractivity contribution < 1.29 is 38.4 Å². The van der Waals surface area contributed by atoms with Crippen LogP contribution in [0.1, 0.15) is 24.5 Å². The van der Waals surface area contributed by atoms with Gasteiger partial charge in [0.05, 0.1) is 18.5 Å². The van der Waals surface area contributed by atoms with E-state index in [1.165, 1.54) is 19.3 Å². The van der Waals surface area contributed by atoms with E-state index in [1.54, 1.807) is 72.8 Å². The lowest BCUT2D eigenvalue weighted by molar-refractivity contribution is -0.111. The predicted octanol–water partition coefficient (Wildman–Crippen LogP) is 6.42. The van der Waals surface area contributed by atoms with Crippen LogP contribution in [0.5, 0.6) is 28.7 Å². The van der Waals surface area contributed by atoms with Crippen LogP contribution in [0, 0.1) is 0 Å². The second-order valence-corrected chi connectivity index (χ2v) is 9.98. The Morgan fingerprint density at radius 3 is 2.51 bits per heavy atom. The average Bonchev–Trinajstić information content (AvgIpc) is 3.51. The molecule has 1 aliphatic heterocycles. The van der Waals surface area contributed by atoms with Crippen molar-refractivity contribution in [2.24, 2.45) is 0 Å². The van der Waals surface area contributed by atoms with Crippen LogP contribution in [-0.2, 0) is 9.53 Å². The summed E-state index contributed by atoms with van der Waals surface area (Å²) in [5.41, 5.74) is 7.80. The molecule has 11 heteroatoms. The fourth-order valence-electron chi connectivity index (χ4n) is 4.66. The minimum Gasteiger partial charge on any atom is -0.504 e. The maximum atomic E-state index is 13.3. The number of phenols is 1. The van der Waals surface area contributed by atoms with Gasteiger partial charge in [0, 0.05) is 17.3 Å². The highest BCUT2D eigenvalue weighted by molar-refractivity contribution is 6.01. The number of hydrogen-bond acceptors (Lipinski definition) is 9. The number of aromatic hydroxyl groups is 1. The molecule has 0 fully saturated rings. The standard InChI is InChI=1S/C34H33N3O8/c1-41-28-17-15-22(19-27(28)38)33(45-34(40)36-23-16-18-29-31(20-23)43-21-42-29)30(44-24-9-3-2-4-10-24)13-7-8-14-32(39)37-26-12-6-5-11-25(26)35/h2-6,8-12,14-20,30,33,38H,7,13,21,35H2,1H3,(H,36,40)(H,37,39)/b14-8+/t30-,33-/m1/s1. The van der Waals surface area contributed by atoms with Gasteiger partial charge in [0.15, 0.2) is 29.1 Å². The van der Waals surface area contributed by atoms with Crippen molar-refractivity contribution in [2.45, 2.75) is 25.0 Å². The van der Waals surface area contributed by atoms with Crippen molar-refractivity contribution in [3.63, 3.8) is 0 Å². The van der Waals surface area contributed by atoms with Gasteiger partial charge in [0.25, 0.3) is 0 Å². The van der Waals surface area contributed by atoms with E-state index in [1.807, 2.05) is 18.2 Å². The number of methoxy groups -OCH3 is 1. The zero-order valence-corrected chi connectivity index (χ0v) is 24.5. The van der Waals surface area contributed by atoms with E-state index < -0.39 is 18.3 Å². The first kappa shape index (κ1) is 30.6. The zero-order chi connectivity index (χ0) is 31.6. The van der Waals surface area contributed by atoms with E-state index in [2.05, 4.69) is 10.6 Å². The summed E-state index contributed by atoms with van der Waals surface area (Å²) < 4.78 is 28.3. The molecule has 4 aromatic rings. The van der Waals surface area contributed by atoms with Gasteiger partial charge in [-0.1, -0.05) is 42.5 Å². The number of nitrogens with two attached hydrogens (primary N) is 1. The maximum Gasteiger partial charge on any atom is 0.412 e. The number of anilines is 3. The van der Waals surface area contributed by atoms with Crippen molar-refractivity contribution in [3.05, 3.63) is 109 Å². The Kier molecular flexibility index (Phi) is 9.90. The third kappa shape index (κ3) is 8.17. The molecule has 0 unspecified atom stereocenters. The Morgan fingerprint density at radius 1 is 0.956 bits per heavy atom. The van der Waals surface area contributed by atoms with Crippen LogP contribution in [0.4, 0.5) is 21.9 Å². The second kappa shape index (κ2) is 14.6. The quantitative estimate of drug-likeness (QED) is 0.105. The van der Waals surface area contributed by atoms with Crippen molar-refractivity contribution in [3.8, 4) is 28.7 Å². The number of allylic oxidation sites excluding steroid dienone is 1. The van der Waals surface area contributed by atoms with Gasteiger partial charge in [0.2, 0.25) is 12.7 Å². The lowest BCUT2D eigenvalue weighted by atomic mass is 9.99. The van der Waals surface area contributed by atoms with Crippen molar-refractivity contribution in [1.29, 1.82) is 0 Å². The zero-order valence-electron chi connectivity index (χ0n) is 24.5. The average molecular weight is 612 g/mol. The molecule has 0 radical (unpaired) electrons. The molecule has 45 heavy (non-hydrogen) atoms. The molecular weight excluding hydrogens is 578 g/mol. The maximum absolute atomic E-state index is 13.3. The van der Waals surface area contributed by atoms with Crippen LogP contribution in [0.25, 0.3) is 0 Å². The summed E-state index contributed by atoms with van der Waals surface area (Å²) >= 11 is 0. The summed E-state index contributed by atoms with van der Waals surface area (Å²) in [6, 6.07) is 25.8. The molecule has 5 rings (SSSR count).